The second kappa shape index (κ2) is 4.03. The van der Waals surface area contributed by atoms with E-state index in [1.807, 2.05) is 0 Å². The summed E-state index contributed by atoms with van der Waals surface area (Å²) in [7, 11) is 0. The summed E-state index contributed by atoms with van der Waals surface area (Å²) in [5.74, 6) is 0. The van der Waals surface area contributed by atoms with Crippen molar-refractivity contribution in [1.29, 1.82) is 0 Å². The third-order valence-corrected chi connectivity index (χ3v) is 3.39. The number of nitrogen functional groups attached to an aromatic ring is 1. The number of aromatic nitrogens is 1. The first kappa shape index (κ1) is 10.2. The largest absolute Gasteiger partial charge is 0.375 e. The van der Waals surface area contributed by atoms with Gasteiger partial charge in [-0.15, -0.1) is 11.3 Å². The highest BCUT2D eigenvalue weighted by atomic mass is 32.1. The van der Waals surface area contributed by atoms with Gasteiger partial charge >= 0.3 is 0 Å². The predicted molar refractivity (Wildman–Crippen MR) is 66.1 cm³/mol. The Labute approximate surface area is 93.8 Å². The zero-order valence-electron chi connectivity index (χ0n) is 8.95. The summed E-state index contributed by atoms with van der Waals surface area (Å²) in [6, 6.07) is 8.40. The lowest BCUT2D eigenvalue weighted by molar-refractivity contribution is 1.17. The highest BCUT2D eigenvalue weighted by Crippen LogP contribution is 2.29. The average Bonchev–Trinajstić information content (AvgIpc) is 2.61. The standard InChI is InChI=1S/C12H14N2S/c1-3-10-11(14-12(13)15-10)9-6-4-8(2)5-7-9/h4-7H,3H2,1-2H3,(H2,13,14). The van der Waals surface area contributed by atoms with Gasteiger partial charge in [0.1, 0.15) is 0 Å². The first-order valence-electron chi connectivity index (χ1n) is 5.03. The summed E-state index contributed by atoms with van der Waals surface area (Å²) in [6.07, 6.45) is 0.984. The minimum Gasteiger partial charge on any atom is -0.375 e. The van der Waals surface area contributed by atoms with E-state index >= 15 is 0 Å². The number of rotatable bonds is 2. The molecule has 15 heavy (non-hydrogen) atoms. The van der Waals surface area contributed by atoms with Crippen molar-refractivity contribution in [3.63, 3.8) is 0 Å². The molecule has 78 valence electrons. The van der Waals surface area contributed by atoms with Crippen molar-refractivity contribution in [1.82, 2.24) is 4.98 Å². The molecule has 2 aromatic rings. The normalized spacial score (nSPS) is 10.5. The van der Waals surface area contributed by atoms with Crippen LogP contribution in [0.4, 0.5) is 5.13 Å². The van der Waals surface area contributed by atoms with Crippen molar-refractivity contribution in [3.8, 4) is 11.3 Å². The highest BCUT2D eigenvalue weighted by Gasteiger charge is 2.09. The van der Waals surface area contributed by atoms with Crippen LogP contribution in [0, 0.1) is 6.92 Å². The summed E-state index contributed by atoms with van der Waals surface area (Å²) >= 11 is 1.58. The lowest BCUT2D eigenvalue weighted by atomic mass is 10.1. The Hall–Kier alpha value is -1.35. The van der Waals surface area contributed by atoms with E-state index in [4.69, 9.17) is 5.73 Å². The van der Waals surface area contributed by atoms with E-state index in [2.05, 4.69) is 43.1 Å². The smallest absolute Gasteiger partial charge is 0.180 e. The van der Waals surface area contributed by atoms with E-state index in [1.165, 1.54) is 10.4 Å². The number of hydrogen-bond acceptors (Lipinski definition) is 3. The highest BCUT2D eigenvalue weighted by molar-refractivity contribution is 7.15. The summed E-state index contributed by atoms with van der Waals surface area (Å²) in [6.45, 7) is 4.21. The monoisotopic (exact) mass is 218 g/mol. The lowest BCUT2D eigenvalue weighted by Gasteiger charge is -2.00. The summed E-state index contributed by atoms with van der Waals surface area (Å²) in [5, 5.41) is 0.655. The summed E-state index contributed by atoms with van der Waals surface area (Å²) in [5.41, 5.74) is 9.19. The first-order chi connectivity index (χ1) is 7.20. The van der Waals surface area contributed by atoms with E-state index in [0.717, 1.165) is 17.7 Å². The van der Waals surface area contributed by atoms with Gasteiger partial charge in [0.2, 0.25) is 0 Å². The van der Waals surface area contributed by atoms with Gasteiger partial charge in [-0.1, -0.05) is 36.8 Å². The lowest BCUT2D eigenvalue weighted by Crippen LogP contribution is -1.85. The SMILES string of the molecule is CCc1sc(N)nc1-c1ccc(C)cc1. The maximum absolute atomic E-state index is 5.73. The molecule has 0 aliphatic rings. The summed E-state index contributed by atoms with van der Waals surface area (Å²) in [4.78, 5) is 5.64. The Kier molecular flexibility index (Phi) is 2.73. The van der Waals surface area contributed by atoms with Gasteiger partial charge in [0, 0.05) is 10.4 Å². The fourth-order valence-electron chi connectivity index (χ4n) is 1.55. The van der Waals surface area contributed by atoms with E-state index < -0.39 is 0 Å². The van der Waals surface area contributed by atoms with Crippen molar-refractivity contribution >= 4 is 16.5 Å². The first-order valence-corrected chi connectivity index (χ1v) is 5.84. The molecule has 0 fully saturated rings. The molecule has 2 N–H and O–H groups in total. The molecule has 0 saturated carbocycles. The van der Waals surface area contributed by atoms with Gasteiger partial charge in [0.15, 0.2) is 5.13 Å². The van der Waals surface area contributed by atoms with Crippen LogP contribution in [0.5, 0.6) is 0 Å². The maximum atomic E-state index is 5.73. The predicted octanol–water partition coefficient (Wildman–Crippen LogP) is 3.26. The minimum atomic E-state index is 0.655. The Morgan fingerprint density at radius 1 is 1.27 bits per heavy atom. The maximum Gasteiger partial charge on any atom is 0.180 e. The van der Waals surface area contributed by atoms with Gasteiger partial charge in [-0.2, -0.15) is 0 Å². The third kappa shape index (κ3) is 2.02. The van der Waals surface area contributed by atoms with E-state index in [9.17, 15) is 0 Å². The fourth-order valence-corrected chi connectivity index (χ4v) is 2.34. The molecule has 1 aromatic carbocycles. The minimum absolute atomic E-state index is 0.655. The van der Waals surface area contributed by atoms with Crippen LogP contribution in [-0.2, 0) is 6.42 Å². The molecular formula is C12H14N2S. The molecule has 0 unspecified atom stereocenters. The van der Waals surface area contributed by atoms with E-state index in [-0.39, 0.29) is 0 Å². The Morgan fingerprint density at radius 3 is 2.53 bits per heavy atom. The zero-order valence-corrected chi connectivity index (χ0v) is 9.77. The molecule has 3 heteroatoms. The topological polar surface area (TPSA) is 38.9 Å². The molecule has 0 amide bonds. The van der Waals surface area contributed by atoms with Gasteiger partial charge in [-0.25, -0.2) is 4.98 Å². The van der Waals surface area contributed by atoms with Crippen LogP contribution >= 0.6 is 11.3 Å². The van der Waals surface area contributed by atoms with Gasteiger partial charge < -0.3 is 5.73 Å². The average molecular weight is 218 g/mol. The van der Waals surface area contributed by atoms with Crippen LogP contribution in [0.25, 0.3) is 11.3 Å². The van der Waals surface area contributed by atoms with Crippen molar-refractivity contribution in [3.05, 3.63) is 34.7 Å². The Morgan fingerprint density at radius 2 is 1.93 bits per heavy atom. The molecule has 0 aliphatic heterocycles. The molecule has 2 nitrogen and oxygen atoms in total. The number of benzene rings is 1. The van der Waals surface area contributed by atoms with Crippen LogP contribution < -0.4 is 5.73 Å². The molecule has 2 rings (SSSR count). The van der Waals surface area contributed by atoms with Crippen LogP contribution in [0.2, 0.25) is 0 Å². The van der Waals surface area contributed by atoms with E-state index in [0.29, 0.717) is 5.13 Å². The van der Waals surface area contributed by atoms with Crippen molar-refractivity contribution in [2.75, 3.05) is 5.73 Å². The van der Waals surface area contributed by atoms with E-state index in [1.54, 1.807) is 11.3 Å². The molecule has 0 spiro atoms. The van der Waals surface area contributed by atoms with Crippen LogP contribution in [0.1, 0.15) is 17.4 Å². The molecule has 1 aromatic heterocycles. The number of anilines is 1. The number of thiazole rings is 1. The fraction of sp³-hybridized carbons (Fsp3) is 0.250. The second-order valence-corrected chi connectivity index (χ2v) is 4.66. The van der Waals surface area contributed by atoms with Crippen molar-refractivity contribution in [2.24, 2.45) is 0 Å². The van der Waals surface area contributed by atoms with Crippen LogP contribution in [0.15, 0.2) is 24.3 Å². The number of hydrogen-bond donors (Lipinski definition) is 1. The van der Waals surface area contributed by atoms with Crippen LogP contribution in [0.3, 0.4) is 0 Å². The number of aryl methyl sites for hydroxylation is 2. The van der Waals surface area contributed by atoms with Crippen molar-refractivity contribution in [2.45, 2.75) is 20.3 Å². The van der Waals surface area contributed by atoms with Gasteiger partial charge in [0.05, 0.1) is 5.69 Å². The number of nitrogens with zero attached hydrogens (tertiary/aromatic N) is 1. The molecular weight excluding hydrogens is 204 g/mol. The molecule has 0 radical (unpaired) electrons. The van der Waals surface area contributed by atoms with Crippen LogP contribution in [-0.4, -0.2) is 4.98 Å². The van der Waals surface area contributed by atoms with Gasteiger partial charge in [0.25, 0.3) is 0 Å². The molecule has 0 bridgehead atoms. The zero-order chi connectivity index (χ0) is 10.8. The van der Waals surface area contributed by atoms with Gasteiger partial charge in [-0.05, 0) is 13.3 Å². The number of nitrogens with two attached hydrogens (primary N) is 1. The summed E-state index contributed by atoms with van der Waals surface area (Å²) < 4.78 is 0. The molecule has 0 aliphatic carbocycles. The van der Waals surface area contributed by atoms with Crippen molar-refractivity contribution < 1.29 is 0 Å². The molecule has 0 saturated heterocycles. The van der Waals surface area contributed by atoms with Gasteiger partial charge in [-0.3, -0.25) is 0 Å². The molecule has 0 atom stereocenters. The third-order valence-electron chi connectivity index (χ3n) is 2.36. The Bertz CT molecular complexity index is 457. The Balaban J connectivity index is 2.48. The quantitative estimate of drug-likeness (QED) is 0.840. The molecule has 1 heterocycles. The second-order valence-electron chi connectivity index (χ2n) is 3.54.